The van der Waals surface area contributed by atoms with E-state index in [1.807, 2.05) is 0 Å². The van der Waals surface area contributed by atoms with Crippen molar-refractivity contribution in [1.29, 1.82) is 0 Å². The molecule has 6 heteroatoms. The van der Waals surface area contributed by atoms with Gasteiger partial charge in [0.2, 0.25) is 0 Å². The highest BCUT2D eigenvalue weighted by Crippen LogP contribution is 2.17. The number of alkyl halides is 3. The first kappa shape index (κ1) is 14.7. The van der Waals surface area contributed by atoms with Gasteiger partial charge in [-0.05, 0) is 25.4 Å². The van der Waals surface area contributed by atoms with Crippen LogP contribution in [-0.2, 0) is 0 Å². The lowest BCUT2D eigenvalue weighted by molar-refractivity contribution is -0.149. The zero-order valence-electron chi connectivity index (χ0n) is 10.3. The average Bonchev–Trinajstić information content (AvgIpc) is 2.25. The van der Waals surface area contributed by atoms with E-state index in [0.717, 1.165) is 26.1 Å². The van der Waals surface area contributed by atoms with Crippen LogP contribution in [0.3, 0.4) is 0 Å². The lowest BCUT2D eigenvalue weighted by Gasteiger charge is -2.35. The monoisotopic (exact) mass is 253 g/mol. The molecule has 17 heavy (non-hydrogen) atoms. The van der Waals surface area contributed by atoms with Crippen LogP contribution >= 0.6 is 0 Å². The molecule has 1 fully saturated rings. The van der Waals surface area contributed by atoms with Gasteiger partial charge in [-0.15, -0.1) is 0 Å². The van der Waals surface area contributed by atoms with Crippen LogP contribution in [0.15, 0.2) is 0 Å². The molecule has 1 unspecified atom stereocenters. The van der Waals surface area contributed by atoms with Crippen LogP contribution < -0.4 is 5.73 Å². The van der Waals surface area contributed by atoms with Gasteiger partial charge in [-0.3, -0.25) is 4.90 Å². The summed E-state index contributed by atoms with van der Waals surface area (Å²) in [6, 6.07) is 0. The molecule has 1 aliphatic heterocycles. The first-order chi connectivity index (χ1) is 7.90. The molecule has 102 valence electrons. The molecule has 0 bridgehead atoms. The van der Waals surface area contributed by atoms with Gasteiger partial charge in [-0.1, -0.05) is 6.92 Å². The summed E-state index contributed by atoms with van der Waals surface area (Å²) in [6.07, 6.45) is -3.05. The van der Waals surface area contributed by atoms with Crippen molar-refractivity contribution >= 4 is 0 Å². The van der Waals surface area contributed by atoms with Gasteiger partial charge in [0, 0.05) is 26.2 Å². The number of nitrogens with two attached hydrogens (primary N) is 1. The van der Waals surface area contributed by atoms with Crippen molar-refractivity contribution in [3.8, 4) is 0 Å². The molecule has 0 radical (unpaired) electrons. The van der Waals surface area contributed by atoms with Crippen LogP contribution in [-0.4, -0.2) is 61.8 Å². The van der Waals surface area contributed by atoms with Gasteiger partial charge in [-0.2, -0.15) is 13.2 Å². The molecule has 1 heterocycles. The second-order valence-electron chi connectivity index (χ2n) is 4.86. The van der Waals surface area contributed by atoms with Gasteiger partial charge in [0.1, 0.15) is 0 Å². The fraction of sp³-hybridized carbons (Fsp3) is 1.00. The van der Waals surface area contributed by atoms with Crippen molar-refractivity contribution in [2.45, 2.75) is 19.5 Å². The van der Waals surface area contributed by atoms with Crippen LogP contribution in [0.4, 0.5) is 13.2 Å². The van der Waals surface area contributed by atoms with Crippen molar-refractivity contribution in [2.75, 3.05) is 45.8 Å². The third-order valence-electron chi connectivity index (χ3n) is 3.21. The minimum Gasteiger partial charge on any atom is -0.330 e. The van der Waals surface area contributed by atoms with Crippen molar-refractivity contribution < 1.29 is 13.2 Å². The molecule has 0 saturated carbocycles. The van der Waals surface area contributed by atoms with Gasteiger partial charge in [0.25, 0.3) is 0 Å². The van der Waals surface area contributed by atoms with E-state index >= 15 is 0 Å². The molecule has 3 nitrogen and oxygen atoms in total. The smallest absolute Gasteiger partial charge is 0.330 e. The normalized spacial score (nSPS) is 21.7. The van der Waals surface area contributed by atoms with Crippen LogP contribution in [0.2, 0.25) is 0 Å². The van der Waals surface area contributed by atoms with Crippen molar-refractivity contribution in [2.24, 2.45) is 11.7 Å². The maximum Gasteiger partial charge on any atom is 0.401 e. The van der Waals surface area contributed by atoms with E-state index in [1.54, 1.807) is 0 Å². The summed E-state index contributed by atoms with van der Waals surface area (Å²) in [5.41, 5.74) is 5.53. The van der Waals surface area contributed by atoms with E-state index in [2.05, 4.69) is 11.8 Å². The summed E-state index contributed by atoms with van der Waals surface area (Å²) in [7, 11) is 0. The molecule has 1 aliphatic rings. The number of hydrogen-bond acceptors (Lipinski definition) is 3. The predicted molar refractivity (Wildman–Crippen MR) is 61.8 cm³/mol. The molecule has 0 aliphatic carbocycles. The fourth-order valence-electron chi connectivity index (χ4n) is 1.95. The highest BCUT2D eigenvalue weighted by Gasteiger charge is 2.31. The maximum absolute atomic E-state index is 12.2. The highest BCUT2D eigenvalue weighted by molar-refractivity contribution is 4.74. The van der Waals surface area contributed by atoms with Gasteiger partial charge in [0.15, 0.2) is 0 Å². The lowest BCUT2D eigenvalue weighted by Crippen LogP contribution is -2.49. The minimum absolute atomic E-state index is 0.489. The molecular formula is C11H22F3N3. The van der Waals surface area contributed by atoms with Crippen LogP contribution in [0.1, 0.15) is 13.3 Å². The second kappa shape index (κ2) is 6.56. The first-order valence-corrected chi connectivity index (χ1v) is 6.12. The second-order valence-corrected chi connectivity index (χ2v) is 4.86. The molecule has 0 aromatic heterocycles. The largest absolute Gasteiger partial charge is 0.401 e. The first-order valence-electron chi connectivity index (χ1n) is 6.12. The third-order valence-corrected chi connectivity index (χ3v) is 3.21. The van der Waals surface area contributed by atoms with E-state index in [4.69, 9.17) is 5.73 Å². The Morgan fingerprint density at radius 3 is 2.12 bits per heavy atom. The van der Waals surface area contributed by atoms with Crippen molar-refractivity contribution in [1.82, 2.24) is 9.80 Å². The third kappa shape index (κ3) is 6.24. The summed E-state index contributed by atoms with van der Waals surface area (Å²) in [5.74, 6) is 0.489. The molecular weight excluding hydrogens is 231 g/mol. The van der Waals surface area contributed by atoms with Crippen LogP contribution in [0.5, 0.6) is 0 Å². The Morgan fingerprint density at radius 2 is 1.65 bits per heavy atom. The summed E-state index contributed by atoms with van der Waals surface area (Å²) in [4.78, 5) is 3.70. The van der Waals surface area contributed by atoms with Crippen molar-refractivity contribution in [3.05, 3.63) is 0 Å². The lowest BCUT2D eigenvalue weighted by atomic mass is 10.1. The summed E-state index contributed by atoms with van der Waals surface area (Å²) >= 11 is 0. The quantitative estimate of drug-likeness (QED) is 0.798. The highest BCUT2D eigenvalue weighted by atomic mass is 19.4. The molecule has 0 amide bonds. The Balaban J connectivity index is 2.17. The molecule has 1 saturated heterocycles. The van der Waals surface area contributed by atoms with Crippen LogP contribution in [0, 0.1) is 5.92 Å². The predicted octanol–water partition coefficient (Wildman–Crippen LogP) is 1.15. The zero-order valence-corrected chi connectivity index (χ0v) is 10.3. The van der Waals surface area contributed by atoms with E-state index in [0.29, 0.717) is 25.6 Å². The van der Waals surface area contributed by atoms with E-state index in [9.17, 15) is 13.2 Å². The van der Waals surface area contributed by atoms with Gasteiger partial charge in [-0.25, -0.2) is 0 Å². The summed E-state index contributed by atoms with van der Waals surface area (Å²) < 4.78 is 36.5. The molecule has 0 aromatic rings. The molecule has 2 N–H and O–H groups in total. The number of hydrogen-bond donors (Lipinski definition) is 1. The fourth-order valence-corrected chi connectivity index (χ4v) is 1.95. The molecule has 0 aromatic carbocycles. The molecule has 0 spiro atoms. The molecule has 1 atom stereocenters. The SMILES string of the molecule is CC(CN)CCN1CCN(CC(F)(F)F)CC1. The number of halogens is 3. The topological polar surface area (TPSA) is 32.5 Å². The summed E-state index contributed by atoms with van der Waals surface area (Å²) in [6.45, 7) is 5.42. The Morgan fingerprint density at radius 1 is 1.12 bits per heavy atom. The molecule has 1 rings (SSSR count). The van der Waals surface area contributed by atoms with Gasteiger partial charge >= 0.3 is 6.18 Å². The Labute approximate surface area is 101 Å². The van der Waals surface area contributed by atoms with Gasteiger partial charge < -0.3 is 10.6 Å². The number of rotatable bonds is 5. The van der Waals surface area contributed by atoms with Crippen molar-refractivity contribution in [3.63, 3.8) is 0 Å². The summed E-state index contributed by atoms with van der Waals surface area (Å²) in [5, 5.41) is 0. The number of piperazine rings is 1. The van der Waals surface area contributed by atoms with E-state index in [1.165, 1.54) is 4.90 Å². The standard InChI is InChI=1S/C11H22F3N3/c1-10(8-15)2-3-16-4-6-17(7-5-16)9-11(12,13)14/h10H,2-9,15H2,1H3. The van der Waals surface area contributed by atoms with E-state index < -0.39 is 12.7 Å². The Kier molecular flexibility index (Phi) is 5.69. The zero-order chi connectivity index (χ0) is 12.9. The van der Waals surface area contributed by atoms with Gasteiger partial charge in [0.05, 0.1) is 6.54 Å². The maximum atomic E-state index is 12.2. The van der Waals surface area contributed by atoms with Crippen LogP contribution in [0.25, 0.3) is 0 Å². The average molecular weight is 253 g/mol. The number of nitrogens with zero attached hydrogens (tertiary/aromatic N) is 2. The Bertz CT molecular complexity index is 212. The minimum atomic E-state index is -4.07. The van der Waals surface area contributed by atoms with E-state index in [-0.39, 0.29) is 0 Å². The Hall–Kier alpha value is -0.330.